The third kappa shape index (κ3) is 4.05. The van der Waals surface area contributed by atoms with Crippen LogP contribution in [0.5, 0.6) is 5.75 Å². The SMILES string of the molecule is N#C/C(=C/c1c(OCc2ccccc2Cl)ccc2ccccc12)c1ccccc1F. The molecule has 30 heavy (non-hydrogen) atoms. The van der Waals surface area contributed by atoms with Crippen LogP contribution in [0.1, 0.15) is 16.7 Å². The van der Waals surface area contributed by atoms with Crippen molar-refractivity contribution in [1.29, 1.82) is 5.26 Å². The monoisotopic (exact) mass is 413 g/mol. The maximum Gasteiger partial charge on any atom is 0.131 e. The van der Waals surface area contributed by atoms with Gasteiger partial charge in [-0.15, -0.1) is 0 Å². The van der Waals surface area contributed by atoms with Crippen LogP contribution < -0.4 is 4.74 Å². The molecule has 0 heterocycles. The molecule has 0 aliphatic heterocycles. The van der Waals surface area contributed by atoms with Crippen molar-refractivity contribution in [2.45, 2.75) is 6.61 Å². The summed E-state index contributed by atoms with van der Waals surface area (Å²) in [6, 6.07) is 27.5. The molecule has 0 bridgehead atoms. The maximum atomic E-state index is 14.3. The lowest BCUT2D eigenvalue weighted by Gasteiger charge is -2.13. The predicted molar refractivity (Wildman–Crippen MR) is 120 cm³/mol. The zero-order valence-corrected chi connectivity index (χ0v) is 16.7. The molecule has 0 N–H and O–H groups in total. The van der Waals surface area contributed by atoms with Gasteiger partial charge in [-0.3, -0.25) is 0 Å². The first-order chi connectivity index (χ1) is 14.7. The van der Waals surface area contributed by atoms with Crippen LogP contribution in [-0.4, -0.2) is 0 Å². The molecule has 0 radical (unpaired) electrons. The van der Waals surface area contributed by atoms with Gasteiger partial charge in [0.1, 0.15) is 18.2 Å². The molecule has 0 saturated carbocycles. The Balaban J connectivity index is 1.82. The van der Waals surface area contributed by atoms with Crippen LogP contribution in [-0.2, 0) is 6.61 Å². The van der Waals surface area contributed by atoms with Gasteiger partial charge in [0.15, 0.2) is 0 Å². The number of nitriles is 1. The van der Waals surface area contributed by atoms with Gasteiger partial charge in [0.05, 0.1) is 11.6 Å². The molecule has 4 aromatic carbocycles. The molecular weight excluding hydrogens is 397 g/mol. The van der Waals surface area contributed by atoms with Crippen molar-refractivity contribution in [3.63, 3.8) is 0 Å². The summed E-state index contributed by atoms with van der Waals surface area (Å²) in [6.45, 7) is 0.278. The molecule has 0 aromatic heterocycles. The highest BCUT2D eigenvalue weighted by Crippen LogP contribution is 2.33. The van der Waals surface area contributed by atoms with E-state index in [4.69, 9.17) is 16.3 Å². The normalized spacial score (nSPS) is 11.3. The van der Waals surface area contributed by atoms with Crippen molar-refractivity contribution in [3.05, 3.63) is 112 Å². The summed E-state index contributed by atoms with van der Waals surface area (Å²) in [6.07, 6.45) is 1.68. The minimum absolute atomic E-state index is 0.229. The highest BCUT2D eigenvalue weighted by atomic mass is 35.5. The van der Waals surface area contributed by atoms with Crippen molar-refractivity contribution in [1.82, 2.24) is 0 Å². The van der Waals surface area contributed by atoms with Gasteiger partial charge in [0.25, 0.3) is 0 Å². The first-order valence-electron chi connectivity index (χ1n) is 9.42. The van der Waals surface area contributed by atoms with Crippen molar-refractivity contribution in [2.75, 3.05) is 0 Å². The van der Waals surface area contributed by atoms with Gasteiger partial charge in [0, 0.05) is 21.7 Å². The molecule has 0 atom stereocenters. The summed E-state index contributed by atoms with van der Waals surface area (Å²) in [5.74, 6) is 0.154. The number of hydrogen-bond acceptors (Lipinski definition) is 2. The zero-order chi connectivity index (χ0) is 20.9. The second kappa shape index (κ2) is 8.82. The summed E-state index contributed by atoms with van der Waals surface area (Å²) in [7, 11) is 0. The van der Waals surface area contributed by atoms with E-state index in [0.717, 1.165) is 21.9 Å². The predicted octanol–water partition coefficient (Wildman–Crippen LogP) is 7.28. The van der Waals surface area contributed by atoms with Gasteiger partial charge in [-0.2, -0.15) is 5.26 Å². The van der Waals surface area contributed by atoms with Gasteiger partial charge in [-0.1, -0.05) is 78.3 Å². The summed E-state index contributed by atoms with van der Waals surface area (Å²) in [5, 5.41) is 12.3. The van der Waals surface area contributed by atoms with Crippen LogP contribution in [0, 0.1) is 17.1 Å². The molecule has 0 spiro atoms. The molecule has 4 heteroatoms. The van der Waals surface area contributed by atoms with E-state index in [0.29, 0.717) is 10.8 Å². The lowest BCUT2D eigenvalue weighted by atomic mass is 9.98. The van der Waals surface area contributed by atoms with Gasteiger partial charge >= 0.3 is 0 Å². The fraction of sp³-hybridized carbons (Fsp3) is 0.0385. The van der Waals surface area contributed by atoms with Gasteiger partial charge in [-0.05, 0) is 35.0 Å². The third-order valence-electron chi connectivity index (χ3n) is 4.84. The van der Waals surface area contributed by atoms with Crippen LogP contribution in [0.25, 0.3) is 22.4 Å². The second-order valence-corrected chi connectivity index (χ2v) is 7.14. The third-order valence-corrected chi connectivity index (χ3v) is 5.21. The highest BCUT2D eigenvalue weighted by Gasteiger charge is 2.12. The van der Waals surface area contributed by atoms with Crippen molar-refractivity contribution in [3.8, 4) is 11.8 Å². The van der Waals surface area contributed by atoms with Gasteiger partial charge in [-0.25, -0.2) is 4.39 Å². The smallest absolute Gasteiger partial charge is 0.131 e. The molecule has 146 valence electrons. The van der Waals surface area contributed by atoms with Crippen LogP contribution in [0.3, 0.4) is 0 Å². The quantitative estimate of drug-likeness (QED) is 0.254. The molecule has 0 amide bonds. The maximum absolute atomic E-state index is 14.3. The fourth-order valence-electron chi connectivity index (χ4n) is 3.32. The van der Waals surface area contributed by atoms with Crippen LogP contribution in [0.4, 0.5) is 4.39 Å². The molecule has 0 fully saturated rings. The summed E-state index contributed by atoms with van der Waals surface area (Å²) >= 11 is 6.25. The fourth-order valence-corrected chi connectivity index (χ4v) is 3.51. The van der Waals surface area contributed by atoms with Crippen molar-refractivity contribution < 1.29 is 9.13 Å². The molecular formula is C26H17ClFNO. The Hall–Kier alpha value is -3.61. The standard InChI is InChI=1S/C26H17ClFNO/c27-24-11-5-2-8-19(24)17-30-26-14-13-18-7-1-3-9-21(18)23(26)15-20(16-29)22-10-4-6-12-25(22)28/h1-15H,17H2/b20-15-. The van der Waals surface area contributed by atoms with E-state index in [2.05, 4.69) is 6.07 Å². The van der Waals surface area contributed by atoms with E-state index < -0.39 is 5.82 Å². The first kappa shape index (κ1) is 19.7. The minimum Gasteiger partial charge on any atom is -0.488 e. The van der Waals surface area contributed by atoms with Crippen molar-refractivity contribution >= 4 is 34.0 Å². The van der Waals surface area contributed by atoms with Crippen LogP contribution in [0.2, 0.25) is 5.02 Å². The molecule has 4 aromatic rings. The Kier molecular flexibility index (Phi) is 5.79. The Morgan fingerprint density at radius 3 is 2.47 bits per heavy atom. The average molecular weight is 414 g/mol. The van der Waals surface area contributed by atoms with E-state index in [1.165, 1.54) is 6.07 Å². The zero-order valence-electron chi connectivity index (χ0n) is 16.0. The Morgan fingerprint density at radius 1 is 0.933 bits per heavy atom. The molecule has 0 unspecified atom stereocenters. The largest absolute Gasteiger partial charge is 0.488 e. The topological polar surface area (TPSA) is 33.0 Å². The number of nitrogens with zero attached hydrogens (tertiary/aromatic N) is 1. The Bertz CT molecular complexity index is 1290. The Morgan fingerprint density at radius 2 is 1.67 bits per heavy atom. The lowest BCUT2D eigenvalue weighted by molar-refractivity contribution is 0.306. The number of benzene rings is 4. The number of halogens is 2. The molecule has 0 saturated heterocycles. The number of ether oxygens (including phenoxy) is 1. The first-order valence-corrected chi connectivity index (χ1v) is 9.80. The minimum atomic E-state index is -0.441. The van der Waals surface area contributed by atoms with Gasteiger partial charge < -0.3 is 4.74 Å². The molecule has 2 nitrogen and oxygen atoms in total. The second-order valence-electron chi connectivity index (χ2n) is 6.73. The molecule has 0 aliphatic carbocycles. The summed E-state index contributed by atoms with van der Waals surface area (Å²) in [4.78, 5) is 0. The van der Waals surface area contributed by atoms with Crippen LogP contribution >= 0.6 is 11.6 Å². The van der Waals surface area contributed by atoms with Crippen LogP contribution in [0.15, 0.2) is 84.9 Å². The van der Waals surface area contributed by atoms with E-state index in [-0.39, 0.29) is 17.7 Å². The molecule has 0 aliphatic rings. The van der Waals surface area contributed by atoms with E-state index >= 15 is 0 Å². The summed E-state index contributed by atoms with van der Waals surface area (Å²) in [5.41, 5.74) is 2.06. The number of rotatable bonds is 5. The van der Waals surface area contributed by atoms with Crippen molar-refractivity contribution in [2.24, 2.45) is 0 Å². The summed E-state index contributed by atoms with van der Waals surface area (Å²) < 4.78 is 20.4. The number of hydrogen-bond donors (Lipinski definition) is 0. The Labute approximate surface area is 179 Å². The highest BCUT2D eigenvalue weighted by molar-refractivity contribution is 6.31. The number of allylic oxidation sites excluding steroid dienone is 1. The average Bonchev–Trinajstić information content (AvgIpc) is 2.78. The van der Waals surface area contributed by atoms with E-state index in [9.17, 15) is 9.65 Å². The molecule has 4 rings (SSSR count). The van der Waals surface area contributed by atoms with E-state index in [1.54, 1.807) is 24.3 Å². The lowest BCUT2D eigenvalue weighted by Crippen LogP contribution is -1.98. The van der Waals surface area contributed by atoms with Gasteiger partial charge in [0.2, 0.25) is 0 Å². The van der Waals surface area contributed by atoms with E-state index in [1.807, 2.05) is 60.7 Å². The number of fused-ring (bicyclic) bond motifs is 1.